The number of allylic oxidation sites excluding steroid dienone is 1. The van der Waals surface area contributed by atoms with Crippen LogP contribution in [0, 0.1) is 0 Å². The first-order valence-corrected chi connectivity index (χ1v) is 5.45. The minimum Gasteiger partial charge on any atom is -0.428 e. The molecule has 0 heterocycles. The summed E-state index contributed by atoms with van der Waals surface area (Å²) in [6, 6.07) is 0. The van der Waals surface area contributed by atoms with Crippen molar-refractivity contribution in [3.63, 3.8) is 0 Å². The zero-order chi connectivity index (χ0) is 5.91. The van der Waals surface area contributed by atoms with Crippen molar-refractivity contribution in [1.82, 2.24) is 0 Å². The fourth-order valence-corrected chi connectivity index (χ4v) is 1.22. The predicted octanol–water partition coefficient (Wildman–Crippen LogP) is 1.30. The molecule has 0 aromatic heterocycles. The van der Waals surface area contributed by atoms with Crippen molar-refractivity contribution in [2.24, 2.45) is 0 Å². The Hall–Kier alpha value is -0.0831. The Balaban J connectivity index is 3.56. The molecule has 7 heavy (non-hydrogen) atoms. The van der Waals surface area contributed by atoms with Crippen LogP contribution in [0.15, 0.2) is 11.8 Å². The molecule has 0 unspecified atom stereocenters. The molecule has 0 aliphatic carbocycles. The molecule has 0 atom stereocenters. The van der Waals surface area contributed by atoms with Crippen LogP contribution in [0.4, 0.5) is 0 Å². The Morgan fingerprint density at radius 2 is 1.86 bits per heavy atom. The van der Waals surface area contributed by atoms with Gasteiger partial charge in [0, 0.05) is 0 Å². The van der Waals surface area contributed by atoms with E-state index in [0.717, 1.165) is 0 Å². The van der Waals surface area contributed by atoms with Crippen molar-refractivity contribution in [1.29, 1.82) is 0 Å². The Morgan fingerprint density at radius 3 is 1.86 bits per heavy atom. The number of hydrogen-bond donors (Lipinski definition) is 1. The Kier molecular flexibility index (Phi) is 2.26. The summed E-state index contributed by atoms with van der Waals surface area (Å²) in [7, 11) is -1.84. The maximum atomic E-state index is 9.07. The number of hydrogen-bond acceptors (Lipinski definition) is 1. The molecular formula is C5H12OSi. The maximum absolute atomic E-state index is 9.07. The maximum Gasteiger partial charge on any atom is 0.206 e. The van der Waals surface area contributed by atoms with Crippen LogP contribution in [-0.2, 0) is 0 Å². The Morgan fingerprint density at radius 1 is 1.43 bits per heavy atom. The van der Waals surface area contributed by atoms with Gasteiger partial charge in [-0.2, -0.15) is 0 Å². The topological polar surface area (TPSA) is 20.2 Å². The first kappa shape index (κ1) is 6.92. The average Bonchev–Trinajstić information content (AvgIpc) is 1.30. The third-order valence-corrected chi connectivity index (χ3v) is 1.72. The highest BCUT2D eigenvalue weighted by atomic mass is 28.4. The molecule has 0 rings (SSSR count). The molecule has 0 aliphatic heterocycles. The molecule has 42 valence electrons. The van der Waals surface area contributed by atoms with E-state index in [1.165, 1.54) is 0 Å². The first-order valence-electron chi connectivity index (χ1n) is 2.42. The van der Waals surface area contributed by atoms with Crippen LogP contribution in [-0.4, -0.2) is 13.1 Å². The molecule has 1 nitrogen and oxygen atoms in total. The van der Waals surface area contributed by atoms with Gasteiger partial charge in [0.25, 0.3) is 0 Å². The van der Waals surface area contributed by atoms with Gasteiger partial charge in [-0.15, -0.1) is 0 Å². The van der Waals surface area contributed by atoms with Crippen LogP contribution in [0.25, 0.3) is 0 Å². The van der Waals surface area contributed by atoms with E-state index < -0.39 is 8.32 Å². The summed E-state index contributed by atoms with van der Waals surface area (Å²) in [4.78, 5) is 9.07. The summed E-state index contributed by atoms with van der Waals surface area (Å²) >= 11 is 0. The van der Waals surface area contributed by atoms with Gasteiger partial charge in [-0.25, -0.2) is 0 Å². The lowest BCUT2D eigenvalue weighted by Gasteiger charge is -2.04. The lowest BCUT2D eigenvalue weighted by Crippen LogP contribution is -2.20. The van der Waals surface area contributed by atoms with Crippen molar-refractivity contribution < 1.29 is 4.80 Å². The summed E-state index contributed by atoms with van der Waals surface area (Å²) in [5, 5.41) is 0. The van der Waals surface area contributed by atoms with Crippen LogP contribution >= 0.6 is 0 Å². The van der Waals surface area contributed by atoms with E-state index in [0.29, 0.717) is 0 Å². The molecule has 0 radical (unpaired) electrons. The van der Waals surface area contributed by atoms with Crippen LogP contribution in [0.2, 0.25) is 13.1 Å². The molecule has 0 spiro atoms. The Bertz CT molecular complexity index is 70.6. The fourth-order valence-electron chi connectivity index (χ4n) is 0.408. The monoisotopic (exact) mass is 116 g/mol. The van der Waals surface area contributed by atoms with Gasteiger partial charge in [0.05, 0.1) is 0 Å². The molecule has 0 saturated heterocycles. The molecule has 0 aromatic rings. The van der Waals surface area contributed by atoms with E-state index in [-0.39, 0.29) is 0 Å². The minimum atomic E-state index is -1.84. The first-order chi connectivity index (χ1) is 3.06. The highest BCUT2D eigenvalue weighted by Gasteiger charge is 2.08. The second-order valence-electron chi connectivity index (χ2n) is 2.15. The third kappa shape index (κ3) is 5.92. The fraction of sp³-hybridized carbons (Fsp3) is 0.600. The second-order valence-corrected chi connectivity index (χ2v) is 5.79. The molecule has 1 N–H and O–H groups in total. The van der Waals surface area contributed by atoms with Crippen molar-refractivity contribution in [3.8, 4) is 0 Å². The summed E-state index contributed by atoms with van der Waals surface area (Å²) in [5.74, 6) is 0. The van der Waals surface area contributed by atoms with Gasteiger partial charge < -0.3 is 4.80 Å². The second kappa shape index (κ2) is 2.28. The molecule has 0 saturated carbocycles. The quantitative estimate of drug-likeness (QED) is 0.512. The SMILES string of the molecule is C/C=C\[Si](C)(C)O. The third-order valence-electron chi connectivity index (χ3n) is 0.575. The van der Waals surface area contributed by atoms with Gasteiger partial charge in [0.1, 0.15) is 0 Å². The molecule has 2 heteroatoms. The molecule has 0 amide bonds. The lowest BCUT2D eigenvalue weighted by atomic mass is 10.8. The highest BCUT2D eigenvalue weighted by Crippen LogP contribution is 1.95. The summed E-state index contributed by atoms with van der Waals surface area (Å²) in [5.41, 5.74) is 1.88. The van der Waals surface area contributed by atoms with Crippen molar-refractivity contribution in [2.45, 2.75) is 20.0 Å². The number of rotatable bonds is 1. The lowest BCUT2D eigenvalue weighted by molar-refractivity contribution is 0.567. The van der Waals surface area contributed by atoms with E-state index in [9.17, 15) is 0 Å². The average molecular weight is 116 g/mol. The van der Waals surface area contributed by atoms with Gasteiger partial charge in [-0.1, -0.05) is 11.8 Å². The van der Waals surface area contributed by atoms with E-state index in [1.54, 1.807) is 0 Å². The molecule has 0 fully saturated rings. The molecule has 0 aliphatic rings. The summed E-state index contributed by atoms with van der Waals surface area (Å²) in [6.07, 6.45) is 1.90. The van der Waals surface area contributed by atoms with E-state index in [2.05, 4.69) is 0 Å². The van der Waals surface area contributed by atoms with Crippen LogP contribution in [0.1, 0.15) is 6.92 Å². The van der Waals surface area contributed by atoms with Gasteiger partial charge in [0.15, 0.2) is 0 Å². The highest BCUT2D eigenvalue weighted by molar-refractivity contribution is 6.74. The molecule has 0 bridgehead atoms. The van der Waals surface area contributed by atoms with E-state index in [4.69, 9.17) is 4.80 Å². The van der Waals surface area contributed by atoms with Crippen LogP contribution in [0.5, 0.6) is 0 Å². The van der Waals surface area contributed by atoms with Crippen molar-refractivity contribution in [3.05, 3.63) is 11.8 Å². The van der Waals surface area contributed by atoms with Crippen LogP contribution < -0.4 is 0 Å². The van der Waals surface area contributed by atoms with Crippen molar-refractivity contribution >= 4 is 8.32 Å². The van der Waals surface area contributed by atoms with Gasteiger partial charge in [-0.3, -0.25) is 0 Å². The largest absolute Gasteiger partial charge is 0.428 e. The van der Waals surface area contributed by atoms with Gasteiger partial charge in [-0.05, 0) is 20.0 Å². The van der Waals surface area contributed by atoms with Gasteiger partial charge >= 0.3 is 0 Å². The van der Waals surface area contributed by atoms with Crippen molar-refractivity contribution in [2.75, 3.05) is 0 Å². The normalized spacial score (nSPS) is 13.1. The summed E-state index contributed by atoms with van der Waals surface area (Å²) in [6.45, 7) is 5.69. The smallest absolute Gasteiger partial charge is 0.206 e. The molecular weight excluding hydrogens is 104 g/mol. The zero-order valence-electron chi connectivity index (χ0n) is 5.10. The predicted molar refractivity (Wildman–Crippen MR) is 34.5 cm³/mol. The van der Waals surface area contributed by atoms with E-state index >= 15 is 0 Å². The summed E-state index contributed by atoms with van der Waals surface area (Å²) < 4.78 is 0. The minimum absolute atomic E-state index is 1.84. The standard InChI is InChI=1S/C5H12OSi/c1-4-5-7(2,3)6/h4-6H,1-3H3/b5-4-. The molecule has 0 aromatic carbocycles. The van der Waals surface area contributed by atoms with Crippen LogP contribution in [0.3, 0.4) is 0 Å². The zero-order valence-corrected chi connectivity index (χ0v) is 6.10. The van der Waals surface area contributed by atoms with E-state index in [1.807, 2.05) is 31.8 Å². The van der Waals surface area contributed by atoms with Gasteiger partial charge in [0.2, 0.25) is 8.32 Å². The Labute approximate surface area is 45.8 Å².